The molecule has 47 heavy (non-hydrogen) atoms. The molecule has 3 rings (SSSR count). The second-order valence-corrected chi connectivity index (χ2v) is 17.5. The minimum Gasteiger partial charge on any atom is -0.427 e. The molecule has 4 heteroatoms. The quantitative estimate of drug-likeness (QED) is 0.169. The Morgan fingerprint density at radius 1 is 0.468 bits per heavy atom. The Labute approximate surface area is 289 Å². The van der Waals surface area contributed by atoms with Gasteiger partial charge in [0.2, 0.25) is 0 Å². The molecule has 2 N–H and O–H groups in total. The molecule has 0 heterocycles. The lowest BCUT2D eigenvalue weighted by Crippen LogP contribution is -2.28. The van der Waals surface area contributed by atoms with E-state index in [1.165, 1.54) is 38.9 Å². The van der Waals surface area contributed by atoms with Gasteiger partial charge in [0, 0.05) is 5.56 Å². The fourth-order valence-corrected chi connectivity index (χ4v) is 7.29. The largest absolute Gasteiger partial charge is 0.427 e. The van der Waals surface area contributed by atoms with Crippen LogP contribution >= 0.6 is 8.60 Å². The van der Waals surface area contributed by atoms with Crippen molar-refractivity contribution in [1.29, 1.82) is 0 Å². The van der Waals surface area contributed by atoms with Gasteiger partial charge in [0.1, 0.15) is 5.75 Å². The predicted molar refractivity (Wildman–Crippen MR) is 206 cm³/mol. The lowest BCUT2D eigenvalue weighted by atomic mass is 9.65. The summed E-state index contributed by atoms with van der Waals surface area (Å²) in [5, 5.41) is 0. The smallest absolute Gasteiger partial charge is 0.391 e. The summed E-state index contributed by atoms with van der Waals surface area (Å²) in [6.07, 6.45) is 4.92. The van der Waals surface area contributed by atoms with E-state index in [1.54, 1.807) is 0 Å². The first kappa shape index (κ1) is 39.3. The molecule has 0 bridgehead atoms. The third-order valence-corrected chi connectivity index (χ3v) is 12.3. The average Bonchev–Trinajstić information content (AvgIpc) is 3.03. The fourth-order valence-electron chi connectivity index (χ4n) is 6.96. The summed E-state index contributed by atoms with van der Waals surface area (Å²) in [5.41, 5.74) is 10.8. The van der Waals surface area contributed by atoms with Crippen LogP contribution < -0.4 is 4.52 Å². The maximum absolute atomic E-state index is 10.3. The SMILES string of the molecule is CCC(C)(C)c1cccc(-c2ccc(OP(O)O)c(C(C)(C)CC)c2-c2cccc(C(C)(C)CC)c2C(C)(C)CC)c1C(C)(C)CC. The van der Waals surface area contributed by atoms with E-state index < -0.39 is 8.60 Å². The van der Waals surface area contributed by atoms with Gasteiger partial charge in [0.15, 0.2) is 0 Å². The maximum atomic E-state index is 10.3. The van der Waals surface area contributed by atoms with Crippen LogP contribution in [0.3, 0.4) is 0 Å². The monoisotopic (exact) mass is 660 g/mol. The van der Waals surface area contributed by atoms with Gasteiger partial charge in [-0.15, -0.1) is 0 Å². The van der Waals surface area contributed by atoms with Crippen molar-refractivity contribution in [2.45, 2.75) is 163 Å². The van der Waals surface area contributed by atoms with Crippen molar-refractivity contribution in [3.05, 3.63) is 76.3 Å². The van der Waals surface area contributed by atoms with E-state index in [-0.39, 0.29) is 27.1 Å². The van der Waals surface area contributed by atoms with Crippen LogP contribution in [0.25, 0.3) is 22.3 Å². The first-order chi connectivity index (χ1) is 21.7. The highest BCUT2D eigenvalue weighted by Crippen LogP contribution is 2.54. The Balaban J connectivity index is 2.81. The molecular formula is C43H65O3P. The Hall–Kier alpha value is -2.19. The number of hydrogen-bond donors (Lipinski definition) is 2. The maximum Gasteiger partial charge on any atom is 0.391 e. The molecule has 0 aliphatic carbocycles. The molecule has 0 aliphatic heterocycles. The summed E-state index contributed by atoms with van der Waals surface area (Å²) in [7, 11) is -2.60. The van der Waals surface area contributed by atoms with E-state index in [9.17, 15) is 9.79 Å². The molecule has 0 aromatic heterocycles. The zero-order chi connectivity index (χ0) is 35.8. The lowest BCUT2D eigenvalue weighted by Gasteiger charge is -2.39. The first-order valence-electron chi connectivity index (χ1n) is 18.0. The molecule has 0 unspecified atom stereocenters. The zero-order valence-electron chi connectivity index (χ0n) is 32.4. The predicted octanol–water partition coefficient (Wildman–Crippen LogP) is 13.0. The van der Waals surface area contributed by atoms with Crippen molar-refractivity contribution in [2.75, 3.05) is 0 Å². The highest BCUT2D eigenvalue weighted by Gasteiger charge is 2.38. The topological polar surface area (TPSA) is 49.7 Å². The third kappa shape index (κ3) is 7.69. The van der Waals surface area contributed by atoms with Crippen LogP contribution in [-0.4, -0.2) is 9.79 Å². The van der Waals surface area contributed by atoms with Crippen molar-refractivity contribution < 1.29 is 14.3 Å². The molecule has 0 atom stereocenters. The molecule has 0 amide bonds. The van der Waals surface area contributed by atoms with Gasteiger partial charge in [0.05, 0.1) is 0 Å². The van der Waals surface area contributed by atoms with Crippen LogP contribution in [-0.2, 0) is 27.1 Å². The van der Waals surface area contributed by atoms with Crippen molar-refractivity contribution in [2.24, 2.45) is 0 Å². The summed E-state index contributed by atoms with van der Waals surface area (Å²) in [5.74, 6) is 0.550. The van der Waals surface area contributed by atoms with Gasteiger partial charge in [-0.25, -0.2) is 0 Å². The summed E-state index contributed by atoms with van der Waals surface area (Å²) >= 11 is 0. The number of hydrogen-bond acceptors (Lipinski definition) is 3. The number of rotatable bonds is 14. The van der Waals surface area contributed by atoms with Crippen LogP contribution in [0.1, 0.15) is 164 Å². The summed E-state index contributed by atoms with van der Waals surface area (Å²) in [4.78, 5) is 20.5. The molecule has 0 fully saturated rings. The Morgan fingerprint density at radius 2 is 0.851 bits per heavy atom. The zero-order valence-corrected chi connectivity index (χ0v) is 33.3. The molecule has 3 aromatic carbocycles. The summed E-state index contributed by atoms with van der Waals surface area (Å²) < 4.78 is 5.95. The highest BCUT2D eigenvalue weighted by atomic mass is 31.2. The molecule has 0 spiro atoms. The lowest BCUT2D eigenvalue weighted by molar-refractivity contribution is 0.367. The minimum atomic E-state index is -2.60. The molecule has 3 aromatic rings. The van der Waals surface area contributed by atoms with Gasteiger partial charge >= 0.3 is 8.60 Å². The van der Waals surface area contributed by atoms with Crippen molar-refractivity contribution in [3.8, 4) is 28.0 Å². The van der Waals surface area contributed by atoms with E-state index in [2.05, 4.69) is 146 Å². The van der Waals surface area contributed by atoms with Gasteiger partial charge < -0.3 is 14.3 Å². The number of benzene rings is 3. The molecule has 0 saturated carbocycles. The Bertz CT molecular complexity index is 1540. The van der Waals surface area contributed by atoms with Crippen LogP contribution in [0, 0.1) is 0 Å². The normalized spacial score (nSPS) is 13.4. The first-order valence-corrected chi connectivity index (χ1v) is 19.2. The Morgan fingerprint density at radius 3 is 1.26 bits per heavy atom. The van der Waals surface area contributed by atoms with Crippen LogP contribution in [0.2, 0.25) is 0 Å². The van der Waals surface area contributed by atoms with E-state index in [0.717, 1.165) is 43.2 Å². The van der Waals surface area contributed by atoms with Gasteiger partial charge in [-0.05, 0) is 110 Å². The highest BCUT2D eigenvalue weighted by molar-refractivity contribution is 7.39. The van der Waals surface area contributed by atoms with Crippen LogP contribution in [0.4, 0.5) is 0 Å². The molecule has 0 aliphatic rings. The average molecular weight is 661 g/mol. The van der Waals surface area contributed by atoms with E-state index in [0.29, 0.717) is 5.75 Å². The van der Waals surface area contributed by atoms with Gasteiger partial charge in [-0.3, -0.25) is 0 Å². The fraction of sp³-hybridized carbons (Fsp3) is 0.581. The standard InChI is InChI=1S/C43H65O3P/c1-16-39(6,7)32-25-21-23-30(36(32)41(10,11)18-3)29-27-28-34(46-47(44)45)38(43(14,15)20-5)35(29)31-24-22-26-33(40(8,9)17-2)37(31)42(12,13)19-4/h21-28,44-45H,16-20H2,1-15H3. The second kappa shape index (κ2) is 14.3. The van der Waals surface area contributed by atoms with Crippen molar-refractivity contribution in [3.63, 3.8) is 0 Å². The van der Waals surface area contributed by atoms with E-state index in [1.807, 2.05) is 6.07 Å². The molecular weight excluding hydrogens is 595 g/mol. The van der Waals surface area contributed by atoms with Gasteiger partial charge in [0.25, 0.3) is 0 Å². The van der Waals surface area contributed by atoms with E-state index >= 15 is 0 Å². The molecule has 3 nitrogen and oxygen atoms in total. The molecule has 0 saturated heterocycles. The van der Waals surface area contributed by atoms with Crippen LogP contribution in [0.15, 0.2) is 48.5 Å². The van der Waals surface area contributed by atoms with Crippen molar-refractivity contribution >= 4 is 8.60 Å². The Kier molecular flexibility index (Phi) is 12.0. The molecule has 0 radical (unpaired) electrons. The van der Waals surface area contributed by atoms with E-state index in [4.69, 9.17) is 4.52 Å². The summed E-state index contributed by atoms with van der Waals surface area (Å²) in [6.45, 7) is 34.9. The summed E-state index contributed by atoms with van der Waals surface area (Å²) in [6, 6.07) is 17.9. The van der Waals surface area contributed by atoms with Gasteiger partial charge in [-0.2, -0.15) is 0 Å². The second-order valence-electron chi connectivity index (χ2n) is 16.8. The van der Waals surface area contributed by atoms with Crippen molar-refractivity contribution in [1.82, 2.24) is 0 Å². The molecule has 260 valence electrons. The van der Waals surface area contributed by atoms with Gasteiger partial charge in [-0.1, -0.05) is 146 Å². The minimum absolute atomic E-state index is 0.00341. The third-order valence-electron chi connectivity index (χ3n) is 11.9. The van der Waals surface area contributed by atoms with Crippen LogP contribution in [0.5, 0.6) is 5.75 Å².